The SMILES string of the molecule is Fc1c(F)c(F)c(NC2=CC3CCC2C3)c(F)c1F. The van der Waals surface area contributed by atoms with Gasteiger partial charge < -0.3 is 5.32 Å². The molecule has 2 aliphatic rings. The average Bonchev–Trinajstić information content (AvgIpc) is 3.01. The summed E-state index contributed by atoms with van der Waals surface area (Å²) in [7, 11) is 0. The molecule has 1 aromatic carbocycles. The molecule has 0 radical (unpaired) electrons. The zero-order chi connectivity index (χ0) is 13.7. The number of halogens is 5. The molecule has 1 saturated carbocycles. The monoisotopic (exact) mass is 275 g/mol. The second-order valence-electron chi connectivity index (χ2n) is 4.96. The van der Waals surface area contributed by atoms with Crippen molar-refractivity contribution in [2.24, 2.45) is 11.8 Å². The van der Waals surface area contributed by atoms with Gasteiger partial charge in [-0.2, -0.15) is 0 Å². The lowest BCUT2D eigenvalue weighted by Crippen LogP contribution is -2.13. The van der Waals surface area contributed by atoms with Crippen LogP contribution in [0.5, 0.6) is 0 Å². The van der Waals surface area contributed by atoms with Gasteiger partial charge in [0.1, 0.15) is 5.69 Å². The fourth-order valence-corrected chi connectivity index (χ4v) is 2.84. The number of allylic oxidation sites excluding steroid dienone is 2. The van der Waals surface area contributed by atoms with Gasteiger partial charge in [0.15, 0.2) is 23.3 Å². The summed E-state index contributed by atoms with van der Waals surface area (Å²) in [6, 6.07) is 0. The van der Waals surface area contributed by atoms with Crippen molar-refractivity contribution in [3.8, 4) is 0 Å². The summed E-state index contributed by atoms with van der Waals surface area (Å²) in [5, 5.41) is 2.38. The number of hydrogen-bond donors (Lipinski definition) is 1. The van der Waals surface area contributed by atoms with Gasteiger partial charge in [0.25, 0.3) is 0 Å². The van der Waals surface area contributed by atoms with Gasteiger partial charge in [-0.3, -0.25) is 0 Å². The maximum atomic E-state index is 13.5. The van der Waals surface area contributed by atoms with Crippen molar-refractivity contribution < 1.29 is 22.0 Å². The van der Waals surface area contributed by atoms with Crippen molar-refractivity contribution >= 4 is 5.69 Å². The molecule has 19 heavy (non-hydrogen) atoms. The second kappa shape index (κ2) is 4.21. The maximum absolute atomic E-state index is 13.5. The Morgan fingerprint density at radius 1 is 0.842 bits per heavy atom. The van der Waals surface area contributed by atoms with Gasteiger partial charge in [-0.1, -0.05) is 6.08 Å². The van der Waals surface area contributed by atoms with E-state index in [1.165, 1.54) is 0 Å². The molecule has 1 nitrogen and oxygen atoms in total. The number of fused-ring (bicyclic) bond motifs is 2. The molecule has 0 aliphatic heterocycles. The van der Waals surface area contributed by atoms with Crippen LogP contribution in [0.25, 0.3) is 0 Å². The summed E-state index contributed by atoms with van der Waals surface area (Å²) in [5.74, 6) is -9.16. The van der Waals surface area contributed by atoms with Crippen molar-refractivity contribution in [3.63, 3.8) is 0 Å². The zero-order valence-electron chi connectivity index (χ0n) is 9.74. The van der Waals surface area contributed by atoms with Gasteiger partial charge in [0.05, 0.1) is 0 Å². The summed E-state index contributed by atoms with van der Waals surface area (Å²) < 4.78 is 66.0. The molecule has 1 aromatic rings. The Morgan fingerprint density at radius 2 is 1.42 bits per heavy atom. The van der Waals surface area contributed by atoms with Gasteiger partial charge in [-0.25, -0.2) is 22.0 Å². The second-order valence-corrected chi connectivity index (χ2v) is 4.96. The first-order chi connectivity index (χ1) is 8.99. The fraction of sp³-hybridized carbons (Fsp3) is 0.385. The Hall–Kier alpha value is -1.59. The first-order valence-electron chi connectivity index (χ1n) is 5.99. The molecule has 0 aromatic heterocycles. The highest BCUT2D eigenvalue weighted by molar-refractivity contribution is 5.53. The third kappa shape index (κ3) is 1.81. The van der Waals surface area contributed by atoms with E-state index in [0.29, 0.717) is 11.6 Å². The Kier molecular flexibility index (Phi) is 2.76. The van der Waals surface area contributed by atoms with Crippen LogP contribution in [0.3, 0.4) is 0 Å². The van der Waals surface area contributed by atoms with Crippen LogP contribution < -0.4 is 5.32 Å². The minimum Gasteiger partial charge on any atom is -0.354 e. The average molecular weight is 275 g/mol. The van der Waals surface area contributed by atoms with Crippen LogP contribution in [0.15, 0.2) is 11.8 Å². The van der Waals surface area contributed by atoms with Crippen molar-refractivity contribution in [1.82, 2.24) is 0 Å². The number of anilines is 1. The Balaban J connectivity index is 2.00. The van der Waals surface area contributed by atoms with E-state index in [1.54, 1.807) is 0 Å². The minimum atomic E-state index is -2.14. The minimum absolute atomic E-state index is 0.125. The highest BCUT2D eigenvalue weighted by atomic mass is 19.2. The molecule has 1 N–H and O–H groups in total. The maximum Gasteiger partial charge on any atom is 0.200 e. The van der Waals surface area contributed by atoms with E-state index >= 15 is 0 Å². The van der Waals surface area contributed by atoms with Gasteiger partial charge >= 0.3 is 0 Å². The van der Waals surface area contributed by atoms with E-state index in [2.05, 4.69) is 5.32 Å². The molecule has 2 aliphatic carbocycles. The van der Waals surface area contributed by atoms with Crippen molar-refractivity contribution in [3.05, 3.63) is 40.9 Å². The predicted molar refractivity (Wildman–Crippen MR) is 58.8 cm³/mol. The van der Waals surface area contributed by atoms with Gasteiger partial charge in [0, 0.05) is 5.70 Å². The number of hydrogen-bond acceptors (Lipinski definition) is 1. The van der Waals surface area contributed by atoms with E-state index in [1.807, 2.05) is 6.08 Å². The van der Waals surface area contributed by atoms with Gasteiger partial charge in [-0.15, -0.1) is 0 Å². The summed E-state index contributed by atoms with van der Waals surface area (Å²) >= 11 is 0. The molecule has 2 unspecified atom stereocenters. The van der Waals surface area contributed by atoms with Gasteiger partial charge in [-0.05, 0) is 31.1 Å². The van der Waals surface area contributed by atoms with Crippen LogP contribution in [0, 0.1) is 40.9 Å². The Morgan fingerprint density at radius 3 is 1.89 bits per heavy atom. The van der Waals surface area contributed by atoms with Crippen LogP contribution in [0.4, 0.5) is 27.6 Å². The third-order valence-electron chi connectivity index (χ3n) is 3.81. The highest BCUT2D eigenvalue weighted by Crippen LogP contribution is 2.44. The highest BCUT2D eigenvalue weighted by Gasteiger charge is 2.34. The number of nitrogens with one attached hydrogen (secondary N) is 1. The Labute approximate surface area is 106 Å². The topological polar surface area (TPSA) is 12.0 Å². The largest absolute Gasteiger partial charge is 0.354 e. The van der Waals surface area contributed by atoms with Crippen molar-refractivity contribution in [1.29, 1.82) is 0 Å². The molecule has 6 heteroatoms. The molecule has 2 bridgehead atoms. The van der Waals surface area contributed by atoms with E-state index < -0.39 is 34.8 Å². The molecular weight excluding hydrogens is 265 g/mol. The molecule has 0 amide bonds. The van der Waals surface area contributed by atoms with Crippen LogP contribution >= 0.6 is 0 Å². The van der Waals surface area contributed by atoms with E-state index in [4.69, 9.17) is 0 Å². The van der Waals surface area contributed by atoms with Gasteiger partial charge in [0.2, 0.25) is 5.82 Å². The lowest BCUT2D eigenvalue weighted by Gasteiger charge is -2.17. The zero-order valence-corrected chi connectivity index (χ0v) is 9.74. The Bertz CT molecular complexity index is 552. The molecule has 3 rings (SSSR count). The standard InChI is InChI=1S/C13H10F5N/c14-8-9(15)11(17)13(12(18)10(8)16)19-7-4-5-1-2-6(7)3-5/h4-6,19H,1-3H2. The van der Waals surface area contributed by atoms with E-state index in [0.717, 1.165) is 19.3 Å². The van der Waals surface area contributed by atoms with Crippen LogP contribution in [-0.2, 0) is 0 Å². The van der Waals surface area contributed by atoms with Crippen LogP contribution in [0.2, 0.25) is 0 Å². The molecule has 0 spiro atoms. The lowest BCUT2D eigenvalue weighted by molar-refractivity contribution is 0.381. The fourth-order valence-electron chi connectivity index (χ4n) is 2.84. The van der Waals surface area contributed by atoms with E-state index in [9.17, 15) is 22.0 Å². The molecule has 0 saturated heterocycles. The smallest absolute Gasteiger partial charge is 0.200 e. The first-order valence-corrected chi connectivity index (χ1v) is 5.99. The van der Waals surface area contributed by atoms with Crippen LogP contribution in [-0.4, -0.2) is 0 Å². The van der Waals surface area contributed by atoms with Crippen molar-refractivity contribution in [2.45, 2.75) is 19.3 Å². The van der Waals surface area contributed by atoms with Crippen molar-refractivity contribution in [2.75, 3.05) is 5.32 Å². The normalized spacial score (nSPS) is 24.8. The summed E-state index contributed by atoms with van der Waals surface area (Å²) in [4.78, 5) is 0. The quantitative estimate of drug-likeness (QED) is 0.486. The summed E-state index contributed by atoms with van der Waals surface area (Å²) in [5.41, 5.74) is -0.408. The number of rotatable bonds is 2. The van der Waals surface area contributed by atoms with E-state index in [-0.39, 0.29) is 5.92 Å². The first kappa shape index (κ1) is 12.4. The summed E-state index contributed by atoms with van der Waals surface area (Å²) in [6.45, 7) is 0. The molecule has 2 atom stereocenters. The molecule has 0 heterocycles. The molecule has 1 fully saturated rings. The predicted octanol–water partition coefficient (Wildman–Crippen LogP) is 4.11. The third-order valence-corrected chi connectivity index (χ3v) is 3.81. The lowest BCUT2D eigenvalue weighted by atomic mass is 10.0. The molecular formula is C13H10F5N. The number of benzene rings is 1. The molecule has 102 valence electrons. The van der Waals surface area contributed by atoms with Crippen LogP contribution in [0.1, 0.15) is 19.3 Å². The summed E-state index contributed by atoms with van der Waals surface area (Å²) in [6.07, 6.45) is 4.57.